The van der Waals surface area contributed by atoms with E-state index in [9.17, 15) is 38.6 Å². The van der Waals surface area contributed by atoms with E-state index in [-0.39, 0.29) is 12.2 Å². The van der Waals surface area contributed by atoms with Gasteiger partial charge in [0.15, 0.2) is 0 Å². The SMILES string of the molecule is Nc1ccn([C@H]2C[C@H](O)[C@@H](COP([O-])(=S)OP(=O)([O-])OP(=O)([O-])[O-])O2)c(=O)n1. The van der Waals surface area contributed by atoms with Crippen molar-refractivity contribution in [3.8, 4) is 0 Å². The van der Waals surface area contributed by atoms with Crippen molar-refractivity contribution in [1.29, 1.82) is 0 Å². The zero-order chi connectivity index (χ0) is 21.3. The number of phosphoric acid groups is 2. The first-order valence-corrected chi connectivity index (χ1v) is 12.5. The van der Waals surface area contributed by atoms with Crippen LogP contribution < -0.4 is 31.0 Å². The van der Waals surface area contributed by atoms with Crippen LogP contribution in [0.25, 0.3) is 0 Å². The lowest BCUT2D eigenvalue weighted by atomic mass is 10.2. The molecule has 0 radical (unpaired) electrons. The minimum atomic E-state index is -6.01. The topological polar surface area (TPSA) is 244 Å². The molecule has 2 unspecified atom stereocenters. The molecule has 0 aromatic carbocycles. The largest absolute Gasteiger partial charge is 0.790 e. The Morgan fingerprint density at radius 3 is 2.57 bits per heavy atom. The number of rotatable bonds is 8. The molecule has 1 aliphatic heterocycles. The fourth-order valence-electron chi connectivity index (χ4n) is 2.13. The summed E-state index contributed by atoms with van der Waals surface area (Å²) in [6, 6.07) is 1.31. The standard InChI is InChI=1S/C9H16N3O12P3S/c10-7-1-2-12(9(14)11-7)8-3-5(13)6(22-8)4-21-27(20,28)24-26(18,19)23-25(15,16)17/h1-2,5-6,8,13H,3-4H2,(H,18,19)(H,20,28)(H2,10,11,14)(H2,15,16,17)/p-4/t5-,6+,8+,27?/m0/s1. The minimum Gasteiger partial charge on any atom is -0.790 e. The van der Waals surface area contributed by atoms with Gasteiger partial charge in [-0.15, -0.1) is 0 Å². The van der Waals surface area contributed by atoms with E-state index in [2.05, 4.69) is 29.9 Å². The summed E-state index contributed by atoms with van der Waals surface area (Å²) in [7, 11) is -11.9. The molecular weight excluding hydrogens is 467 g/mol. The molecule has 28 heavy (non-hydrogen) atoms. The van der Waals surface area contributed by atoms with Crippen molar-refractivity contribution < 1.29 is 51.7 Å². The highest BCUT2D eigenvalue weighted by atomic mass is 32.5. The van der Waals surface area contributed by atoms with Gasteiger partial charge in [0.2, 0.25) is 0 Å². The maximum atomic E-state index is 11.8. The molecule has 0 spiro atoms. The average molecular weight is 479 g/mol. The van der Waals surface area contributed by atoms with Gasteiger partial charge in [0.1, 0.15) is 24.9 Å². The van der Waals surface area contributed by atoms with Crippen LogP contribution in [-0.4, -0.2) is 33.5 Å². The summed E-state index contributed by atoms with van der Waals surface area (Å²) in [4.78, 5) is 58.9. The molecule has 0 aliphatic carbocycles. The normalized spacial score (nSPS) is 27.2. The third kappa shape index (κ3) is 7.04. The van der Waals surface area contributed by atoms with Crippen molar-refractivity contribution in [3.05, 3.63) is 22.7 Å². The molecule has 160 valence electrons. The van der Waals surface area contributed by atoms with Crippen LogP contribution in [0.5, 0.6) is 0 Å². The number of nitrogen functional groups attached to an aromatic ring is 1. The van der Waals surface area contributed by atoms with Gasteiger partial charge in [-0.1, -0.05) is 11.8 Å². The lowest BCUT2D eigenvalue weighted by molar-refractivity contribution is -0.339. The Morgan fingerprint density at radius 1 is 1.36 bits per heavy atom. The summed E-state index contributed by atoms with van der Waals surface area (Å²) in [5.74, 6) is -0.0335. The molecule has 1 aromatic rings. The van der Waals surface area contributed by atoms with Gasteiger partial charge >= 0.3 is 5.69 Å². The summed E-state index contributed by atoms with van der Waals surface area (Å²) in [6.07, 6.45) is -2.30. The number of hydrogen-bond acceptors (Lipinski definition) is 15. The van der Waals surface area contributed by atoms with E-state index < -0.39 is 53.1 Å². The molecule has 15 nitrogen and oxygen atoms in total. The van der Waals surface area contributed by atoms with E-state index >= 15 is 0 Å². The van der Waals surface area contributed by atoms with Crippen LogP contribution in [-0.2, 0) is 38.8 Å². The first-order valence-electron chi connectivity index (χ1n) is 7.07. The van der Waals surface area contributed by atoms with E-state index in [4.69, 9.17) is 10.5 Å². The predicted molar refractivity (Wildman–Crippen MR) is 85.1 cm³/mol. The van der Waals surface area contributed by atoms with Crippen molar-refractivity contribution in [2.75, 3.05) is 12.3 Å². The van der Waals surface area contributed by atoms with Crippen molar-refractivity contribution in [1.82, 2.24) is 9.55 Å². The van der Waals surface area contributed by atoms with Gasteiger partial charge in [0.25, 0.3) is 7.82 Å². The molecule has 1 aromatic heterocycles. The Balaban J connectivity index is 1.98. The predicted octanol–water partition coefficient (Wildman–Crippen LogP) is -3.59. The highest BCUT2D eigenvalue weighted by Gasteiger charge is 2.36. The van der Waals surface area contributed by atoms with Crippen LogP contribution in [0, 0.1) is 0 Å². The second kappa shape index (κ2) is 8.66. The van der Waals surface area contributed by atoms with Gasteiger partial charge in [-0.3, -0.25) is 17.8 Å². The zero-order valence-corrected chi connectivity index (χ0v) is 17.0. The molecule has 2 rings (SSSR count). The summed E-state index contributed by atoms with van der Waals surface area (Å²) >= 11 is 4.26. The Hall–Kier alpha value is -0.570. The molecule has 0 saturated carbocycles. The molecule has 3 N–H and O–H groups in total. The van der Waals surface area contributed by atoms with Crippen LogP contribution in [0.3, 0.4) is 0 Å². The lowest BCUT2D eigenvalue weighted by Gasteiger charge is -2.39. The number of nitrogens with zero attached hydrogens (tertiary/aromatic N) is 2. The van der Waals surface area contributed by atoms with Gasteiger partial charge in [0, 0.05) is 12.6 Å². The number of ether oxygens (including phenoxy) is 1. The number of aliphatic hydroxyl groups is 1. The van der Waals surface area contributed by atoms with Crippen molar-refractivity contribution in [3.63, 3.8) is 0 Å². The summed E-state index contributed by atoms with van der Waals surface area (Å²) in [5, 5.41) is 9.96. The van der Waals surface area contributed by atoms with Crippen molar-refractivity contribution in [2.24, 2.45) is 0 Å². The summed E-state index contributed by atoms with van der Waals surface area (Å²) < 4.78 is 39.3. The maximum Gasteiger partial charge on any atom is 0.351 e. The Kier molecular flexibility index (Phi) is 7.33. The van der Waals surface area contributed by atoms with Gasteiger partial charge in [0.05, 0.1) is 20.5 Å². The monoisotopic (exact) mass is 479 g/mol. The Morgan fingerprint density at radius 2 is 2.00 bits per heavy atom. The average Bonchev–Trinajstić information content (AvgIpc) is 2.82. The second-order valence-corrected chi connectivity index (χ2v) is 10.9. The van der Waals surface area contributed by atoms with E-state index in [0.29, 0.717) is 0 Å². The van der Waals surface area contributed by atoms with E-state index in [1.165, 1.54) is 12.3 Å². The van der Waals surface area contributed by atoms with Crippen LogP contribution in [0.2, 0.25) is 0 Å². The van der Waals surface area contributed by atoms with E-state index in [1.807, 2.05) is 0 Å². The van der Waals surface area contributed by atoms with Crippen molar-refractivity contribution >= 4 is 40.0 Å². The highest BCUT2D eigenvalue weighted by Crippen LogP contribution is 2.60. The summed E-state index contributed by atoms with van der Waals surface area (Å²) in [6.45, 7) is -5.65. The quantitative estimate of drug-likeness (QED) is 0.342. The van der Waals surface area contributed by atoms with Crippen molar-refractivity contribution in [2.45, 2.75) is 24.9 Å². The molecule has 1 aliphatic rings. The first kappa shape index (κ1) is 23.7. The molecule has 1 fully saturated rings. The lowest BCUT2D eigenvalue weighted by Crippen LogP contribution is -2.29. The zero-order valence-electron chi connectivity index (χ0n) is 13.5. The van der Waals surface area contributed by atoms with Gasteiger partial charge in [-0.05, 0) is 6.07 Å². The summed E-state index contributed by atoms with van der Waals surface area (Å²) in [5.41, 5.74) is 4.59. The fraction of sp³-hybridized carbons (Fsp3) is 0.556. The van der Waals surface area contributed by atoms with Crippen LogP contribution >= 0.6 is 22.4 Å². The first-order chi connectivity index (χ1) is 12.7. The molecule has 5 atom stereocenters. The van der Waals surface area contributed by atoms with Crippen LogP contribution in [0.15, 0.2) is 17.1 Å². The fourth-order valence-corrected chi connectivity index (χ4v) is 5.91. The van der Waals surface area contributed by atoms with E-state index in [0.717, 1.165) is 4.57 Å². The third-order valence-electron chi connectivity index (χ3n) is 3.16. The molecule has 1 saturated heterocycles. The third-order valence-corrected chi connectivity index (χ3v) is 7.74. The molecule has 19 heteroatoms. The highest BCUT2D eigenvalue weighted by molar-refractivity contribution is 8.07. The smallest absolute Gasteiger partial charge is 0.351 e. The van der Waals surface area contributed by atoms with Gasteiger partial charge in [-0.25, -0.2) is 4.79 Å². The Bertz CT molecular complexity index is 919. The number of aliphatic hydroxyl groups excluding tert-OH is 1. The number of anilines is 1. The number of aromatic nitrogens is 2. The molecule has 2 heterocycles. The number of nitrogens with two attached hydrogens (primary N) is 1. The van der Waals surface area contributed by atoms with E-state index in [1.54, 1.807) is 0 Å². The molecule has 0 amide bonds. The van der Waals surface area contributed by atoms with Crippen LogP contribution in [0.4, 0.5) is 5.82 Å². The maximum absolute atomic E-state index is 11.8. The number of hydrogen-bond donors (Lipinski definition) is 2. The van der Waals surface area contributed by atoms with Crippen LogP contribution in [0.1, 0.15) is 12.6 Å². The second-order valence-electron chi connectivity index (χ2n) is 5.28. The molecule has 0 bridgehead atoms. The Labute approximate surface area is 161 Å². The van der Waals surface area contributed by atoms with Gasteiger partial charge < -0.3 is 44.2 Å². The molecular formula is C9H12N3O12P3S-4. The minimum absolute atomic E-state index is 0.0335. The van der Waals surface area contributed by atoms with Gasteiger partial charge in [-0.2, -0.15) is 4.98 Å².